The molecule has 0 aliphatic rings. The highest BCUT2D eigenvalue weighted by molar-refractivity contribution is 8.41. The van der Waals surface area contributed by atoms with E-state index in [0.29, 0.717) is 6.61 Å². The van der Waals surface area contributed by atoms with Gasteiger partial charge >= 0.3 is 0 Å². The third-order valence-corrected chi connectivity index (χ3v) is 2.02. The van der Waals surface area contributed by atoms with Gasteiger partial charge in [0.2, 0.25) is 7.58 Å². The highest BCUT2D eigenvalue weighted by Crippen LogP contribution is 2.41. The molecule has 1 atom stereocenters. The van der Waals surface area contributed by atoms with Crippen molar-refractivity contribution in [3.8, 4) is 0 Å². The van der Waals surface area contributed by atoms with Crippen LogP contribution in [0.2, 0.25) is 0 Å². The predicted octanol–water partition coefficient (Wildman–Crippen LogP) is 1.83. The van der Waals surface area contributed by atoms with E-state index in [0.717, 1.165) is 0 Å². The van der Waals surface area contributed by atoms with Crippen LogP contribution in [0.25, 0.3) is 0 Å². The zero-order chi connectivity index (χ0) is 5.70. The third kappa shape index (κ3) is 4.56. The molecule has 0 amide bonds. The maximum atomic E-state index is 4.90. The second-order valence-corrected chi connectivity index (χ2v) is 2.92. The van der Waals surface area contributed by atoms with Crippen molar-refractivity contribution in [2.24, 2.45) is 0 Å². The zero-order valence-corrected chi connectivity index (χ0v) is 6.21. The number of thiol groups is 1. The summed E-state index contributed by atoms with van der Waals surface area (Å²) in [6.45, 7) is 2.58. The number of rotatable bonds is 3. The summed E-state index contributed by atoms with van der Waals surface area (Å²) in [6, 6.07) is 0. The molecule has 0 aromatic heterocycles. The minimum absolute atomic E-state index is 0.670. The molecule has 0 aliphatic heterocycles. The first-order valence-electron chi connectivity index (χ1n) is 1.97. The molecule has 0 fully saturated rings. The fraction of sp³-hybridized carbons (Fsp3) is 1.00. The van der Waals surface area contributed by atoms with Crippen LogP contribution >= 0.6 is 19.8 Å². The quantitative estimate of drug-likeness (QED) is 0.476. The highest BCUT2D eigenvalue weighted by atomic mass is 32.7. The maximum Gasteiger partial charge on any atom is 0.234 e. The van der Waals surface area contributed by atoms with Crippen molar-refractivity contribution < 1.29 is 9.05 Å². The first-order valence-corrected chi connectivity index (χ1v) is 4.30. The molecule has 4 heteroatoms. The highest BCUT2D eigenvalue weighted by Gasteiger charge is 1.95. The Kier molecular flexibility index (Phi) is 5.33. The van der Waals surface area contributed by atoms with Gasteiger partial charge < -0.3 is 9.05 Å². The topological polar surface area (TPSA) is 18.5 Å². The molecule has 0 spiro atoms. The van der Waals surface area contributed by atoms with Gasteiger partial charge in [0, 0.05) is 7.11 Å². The van der Waals surface area contributed by atoms with E-state index >= 15 is 0 Å². The molecule has 0 rings (SSSR count). The molecule has 0 aromatic rings. The van der Waals surface area contributed by atoms with Gasteiger partial charge in [0.1, 0.15) is 0 Å². The Morgan fingerprint density at radius 2 is 2.29 bits per heavy atom. The van der Waals surface area contributed by atoms with E-state index < -0.39 is 7.58 Å². The lowest BCUT2D eigenvalue weighted by Crippen LogP contribution is -1.78. The van der Waals surface area contributed by atoms with E-state index in [-0.39, 0.29) is 0 Å². The lowest BCUT2D eigenvalue weighted by Gasteiger charge is -2.03. The number of hydrogen-bond donors (Lipinski definition) is 1. The molecule has 0 saturated carbocycles. The molecule has 1 unspecified atom stereocenters. The molecule has 0 bridgehead atoms. The SMILES string of the molecule is CCOP(S)OC. The summed E-state index contributed by atoms with van der Waals surface area (Å²) in [5.41, 5.74) is 0. The van der Waals surface area contributed by atoms with E-state index in [4.69, 9.17) is 9.05 Å². The molecule has 0 aromatic carbocycles. The fourth-order valence-corrected chi connectivity index (χ4v) is 0.836. The van der Waals surface area contributed by atoms with Crippen molar-refractivity contribution in [3.05, 3.63) is 0 Å². The van der Waals surface area contributed by atoms with Crippen LogP contribution in [0.4, 0.5) is 0 Å². The van der Waals surface area contributed by atoms with Crippen molar-refractivity contribution in [2.75, 3.05) is 13.7 Å². The van der Waals surface area contributed by atoms with E-state index in [1.807, 2.05) is 6.92 Å². The van der Waals surface area contributed by atoms with Crippen LogP contribution in [0, 0.1) is 0 Å². The van der Waals surface area contributed by atoms with Crippen LogP contribution in [0.1, 0.15) is 6.92 Å². The molecule has 0 N–H and O–H groups in total. The summed E-state index contributed by atoms with van der Waals surface area (Å²) in [5.74, 6) is 0. The van der Waals surface area contributed by atoms with E-state index in [9.17, 15) is 0 Å². The predicted molar refractivity (Wildman–Crippen MR) is 34.5 cm³/mol. The van der Waals surface area contributed by atoms with Gasteiger partial charge in [-0.3, -0.25) is 0 Å². The molecule has 2 nitrogen and oxygen atoms in total. The van der Waals surface area contributed by atoms with Gasteiger partial charge in [0.25, 0.3) is 0 Å². The second kappa shape index (κ2) is 4.85. The summed E-state index contributed by atoms with van der Waals surface area (Å²) in [4.78, 5) is 0. The van der Waals surface area contributed by atoms with Crippen LogP contribution in [0.5, 0.6) is 0 Å². The smallest absolute Gasteiger partial charge is 0.234 e. The molecule has 7 heavy (non-hydrogen) atoms. The summed E-state index contributed by atoms with van der Waals surface area (Å²) >= 11 is 3.93. The maximum absolute atomic E-state index is 4.90. The Balaban J connectivity index is 2.83. The van der Waals surface area contributed by atoms with Crippen LogP contribution in [-0.2, 0) is 9.05 Å². The Hall–Kier alpha value is 0.700. The van der Waals surface area contributed by atoms with Gasteiger partial charge in [-0.15, -0.1) is 0 Å². The minimum atomic E-state index is -0.884. The first kappa shape index (κ1) is 7.70. The Labute approximate surface area is 50.3 Å². The average Bonchev–Trinajstić information content (AvgIpc) is 1.68. The monoisotopic (exact) mass is 140 g/mol. The molecule has 0 aliphatic carbocycles. The van der Waals surface area contributed by atoms with Crippen LogP contribution < -0.4 is 0 Å². The van der Waals surface area contributed by atoms with Crippen molar-refractivity contribution in [2.45, 2.75) is 6.92 Å². The summed E-state index contributed by atoms with van der Waals surface area (Å²) in [6.07, 6.45) is 0. The largest absolute Gasteiger partial charge is 0.330 e. The molecule has 0 heterocycles. The Bertz CT molecular complexity index is 43.9. The molecule has 44 valence electrons. The van der Waals surface area contributed by atoms with E-state index in [1.165, 1.54) is 0 Å². The molecular weight excluding hydrogens is 131 g/mol. The van der Waals surface area contributed by atoms with Crippen molar-refractivity contribution in [3.63, 3.8) is 0 Å². The van der Waals surface area contributed by atoms with E-state index in [2.05, 4.69) is 12.2 Å². The van der Waals surface area contributed by atoms with Gasteiger partial charge in [0.15, 0.2) is 0 Å². The summed E-state index contributed by atoms with van der Waals surface area (Å²) in [7, 11) is 0.694. The van der Waals surface area contributed by atoms with Gasteiger partial charge in [-0.1, -0.05) is 12.2 Å². The van der Waals surface area contributed by atoms with Gasteiger partial charge in [-0.25, -0.2) is 0 Å². The normalized spacial score (nSPS) is 14.1. The summed E-state index contributed by atoms with van der Waals surface area (Å²) < 4.78 is 9.60. The first-order chi connectivity index (χ1) is 3.31. The summed E-state index contributed by atoms with van der Waals surface area (Å²) in [5, 5.41) is 0. The second-order valence-electron chi connectivity index (χ2n) is 0.838. The minimum Gasteiger partial charge on any atom is -0.330 e. The lowest BCUT2D eigenvalue weighted by atomic mass is 10.9. The third-order valence-electron chi connectivity index (χ3n) is 0.396. The zero-order valence-electron chi connectivity index (χ0n) is 4.42. The lowest BCUT2D eigenvalue weighted by molar-refractivity contribution is 0.313. The van der Waals surface area contributed by atoms with Crippen molar-refractivity contribution in [1.29, 1.82) is 0 Å². The molecule has 0 radical (unpaired) electrons. The van der Waals surface area contributed by atoms with E-state index in [1.54, 1.807) is 7.11 Å². The van der Waals surface area contributed by atoms with Gasteiger partial charge in [-0.05, 0) is 6.92 Å². The molecular formula is C3H9O2PS. The Morgan fingerprint density at radius 3 is 2.43 bits per heavy atom. The van der Waals surface area contributed by atoms with Crippen LogP contribution in [0.15, 0.2) is 0 Å². The Morgan fingerprint density at radius 1 is 1.71 bits per heavy atom. The van der Waals surface area contributed by atoms with Crippen LogP contribution in [-0.4, -0.2) is 13.7 Å². The van der Waals surface area contributed by atoms with Gasteiger partial charge in [0.05, 0.1) is 6.61 Å². The number of hydrogen-bond acceptors (Lipinski definition) is 3. The molecule has 0 saturated heterocycles. The average molecular weight is 140 g/mol. The fourth-order valence-electron chi connectivity index (χ4n) is 0.163. The van der Waals surface area contributed by atoms with Crippen molar-refractivity contribution >= 4 is 19.8 Å². The standard InChI is InChI=1S/C3H9O2PS/c1-3-5-6(7)4-2/h7H,3H2,1-2H3. The van der Waals surface area contributed by atoms with Gasteiger partial charge in [-0.2, -0.15) is 0 Å². The van der Waals surface area contributed by atoms with Crippen LogP contribution in [0.3, 0.4) is 0 Å². The van der Waals surface area contributed by atoms with Crippen molar-refractivity contribution in [1.82, 2.24) is 0 Å².